The van der Waals surface area contributed by atoms with Gasteiger partial charge in [0, 0.05) is 18.6 Å². The topological polar surface area (TPSA) is 15.3 Å². The Labute approximate surface area is 97.2 Å². The minimum Gasteiger partial charge on any atom is -0.316 e. The van der Waals surface area contributed by atoms with Gasteiger partial charge in [0.1, 0.15) is 0 Å². The lowest BCUT2D eigenvalue weighted by Crippen LogP contribution is -2.42. The van der Waals surface area contributed by atoms with Gasteiger partial charge in [0.25, 0.3) is 0 Å². The Morgan fingerprint density at radius 1 is 1.20 bits per heavy atom. The normalized spacial score (nSPS) is 43.4. The van der Waals surface area contributed by atoms with Gasteiger partial charge in [0.2, 0.25) is 0 Å². The highest BCUT2D eigenvalue weighted by Crippen LogP contribution is 2.36. The zero-order valence-corrected chi connectivity index (χ0v) is 10.4. The summed E-state index contributed by atoms with van der Waals surface area (Å²) in [6, 6.07) is 1.74. The molecule has 3 heteroatoms. The molecule has 0 radical (unpaired) electrons. The zero-order valence-electron chi connectivity index (χ0n) is 9.61. The number of fused-ring (bicyclic) bond motifs is 1. The first-order valence-electron chi connectivity index (χ1n) is 6.40. The van der Waals surface area contributed by atoms with E-state index in [9.17, 15) is 0 Å². The maximum atomic E-state index is 3.55. The van der Waals surface area contributed by atoms with E-state index >= 15 is 0 Å². The Morgan fingerprint density at radius 2 is 2.00 bits per heavy atom. The van der Waals surface area contributed by atoms with Gasteiger partial charge in [0.15, 0.2) is 0 Å². The summed E-state index contributed by atoms with van der Waals surface area (Å²) in [5.41, 5.74) is 0. The lowest BCUT2D eigenvalue weighted by atomic mass is 9.95. The molecule has 0 spiro atoms. The molecule has 3 atom stereocenters. The van der Waals surface area contributed by atoms with Crippen LogP contribution in [0.5, 0.6) is 0 Å². The molecule has 0 bridgehead atoms. The van der Waals surface area contributed by atoms with Crippen molar-refractivity contribution in [1.29, 1.82) is 0 Å². The monoisotopic (exact) mass is 226 g/mol. The van der Waals surface area contributed by atoms with E-state index in [1.54, 1.807) is 0 Å². The van der Waals surface area contributed by atoms with Crippen LogP contribution in [0.15, 0.2) is 0 Å². The Morgan fingerprint density at radius 3 is 2.73 bits per heavy atom. The molecule has 0 saturated carbocycles. The molecule has 15 heavy (non-hydrogen) atoms. The van der Waals surface area contributed by atoms with E-state index in [0.717, 1.165) is 23.9 Å². The Bertz CT molecular complexity index is 226. The van der Waals surface area contributed by atoms with Crippen molar-refractivity contribution in [3.63, 3.8) is 0 Å². The van der Waals surface area contributed by atoms with Crippen molar-refractivity contribution in [1.82, 2.24) is 10.2 Å². The number of likely N-dealkylation sites (tertiary alicyclic amines) is 1. The van der Waals surface area contributed by atoms with E-state index in [1.165, 1.54) is 44.0 Å². The highest BCUT2D eigenvalue weighted by molar-refractivity contribution is 7.99. The molecule has 3 heterocycles. The fourth-order valence-corrected chi connectivity index (χ4v) is 4.78. The fourth-order valence-electron chi connectivity index (χ4n) is 3.70. The van der Waals surface area contributed by atoms with Crippen molar-refractivity contribution in [3.8, 4) is 0 Å². The summed E-state index contributed by atoms with van der Waals surface area (Å²) in [5.74, 6) is 4.68. The molecule has 3 aliphatic heterocycles. The number of nitrogens with zero attached hydrogens (tertiary/aromatic N) is 1. The largest absolute Gasteiger partial charge is 0.316 e. The second-order valence-electron chi connectivity index (χ2n) is 5.36. The number of hydrogen-bond donors (Lipinski definition) is 1. The van der Waals surface area contributed by atoms with Gasteiger partial charge in [-0.3, -0.25) is 4.90 Å². The molecule has 3 saturated heterocycles. The van der Waals surface area contributed by atoms with Crippen LogP contribution in [0.1, 0.15) is 19.8 Å². The van der Waals surface area contributed by atoms with Gasteiger partial charge in [0.05, 0.1) is 0 Å². The lowest BCUT2D eigenvalue weighted by Gasteiger charge is -2.35. The Kier molecular flexibility index (Phi) is 2.97. The Balaban J connectivity index is 1.67. The summed E-state index contributed by atoms with van der Waals surface area (Å²) in [4.78, 5) is 2.83. The molecule has 1 N–H and O–H groups in total. The van der Waals surface area contributed by atoms with Gasteiger partial charge in [-0.05, 0) is 56.2 Å². The SMILES string of the molecule is CC1C2CNCC2CN1C1CCSCC1. The second-order valence-corrected chi connectivity index (χ2v) is 6.59. The molecule has 0 amide bonds. The maximum absolute atomic E-state index is 3.55. The van der Waals surface area contributed by atoms with Crippen molar-refractivity contribution in [3.05, 3.63) is 0 Å². The average Bonchev–Trinajstić information content (AvgIpc) is 2.83. The van der Waals surface area contributed by atoms with E-state index in [1.807, 2.05) is 0 Å². The molecule has 0 aromatic rings. The average molecular weight is 226 g/mol. The van der Waals surface area contributed by atoms with Crippen LogP contribution in [0, 0.1) is 11.8 Å². The molecule has 0 aromatic carbocycles. The number of rotatable bonds is 1. The van der Waals surface area contributed by atoms with Crippen LogP contribution in [0.2, 0.25) is 0 Å². The van der Waals surface area contributed by atoms with Crippen LogP contribution in [0.3, 0.4) is 0 Å². The van der Waals surface area contributed by atoms with Crippen LogP contribution >= 0.6 is 11.8 Å². The van der Waals surface area contributed by atoms with Crippen LogP contribution in [-0.4, -0.2) is 48.1 Å². The summed E-state index contributed by atoms with van der Waals surface area (Å²) < 4.78 is 0. The summed E-state index contributed by atoms with van der Waals surface area (Å²) in [6.45, 7) is 6.37. The quantitative estimate of drug-likeness (QED) is 0.728. The first kappa shape index (κ1) is 10.4. The highest BCUT2D eigenvalue weighted by Gasteiger charge is 2.43. The van der Waals surface area contributed by atoms with Crippen LogP contribution in [0.25, 0.3) is 0 Å². The number of nitrogens with one attached hydrogen (secondary N) is 1. The highest BCUT2D eigenvalue weighted by atomic mass is 32.2. The van der Waals surface area contributed by atoms with Crippen molar-refractivity contribution < 1.29 is 0 Å². The molecule has 3 unspecified atom stereocenters. The third-order valence-electron chi connectivity index (χ3n) is 4.64. The first-order valence-corrected chi connectivity index (χ1v) is 7.56. The molecule has 2 nitrogen and oxygen atoms in total. The van der Waals surface area contributed by atoms with Gasteiger partial charge in [-0.15, -0.1) is 0 Å². The third-order valence-corrected chi connectivity index (χ3v) is 5.69. The predicted molar refractivity (Wildman–Crippen MR) is 66.4 cm³/mol. The van der Waals surface area contributed by atoms with Crippen LogP contribution in [-0.2, 0) is 0 Å². The zero-order chi connectivity index (χ0) is 10.3. The summed E-state index contributed by atoms with van der Waals surface area (Å²) in [5, 5.41) is 3.55. The minimum atomic E-state index is 0.832. The van der Waals surface area contributed by atoms with Crippen LogP contribution in [0.4, 0.5) is 0 Å². The molecular weight excluding hydrogens is 204 g/mol. The van der Waals surface area contributed by atoms with E-state index in [0.29, 0.717) is 0 Å². The molecule has 3 aliphatic rings. The van der Waals surface area contributed by atoms with E-state index < -0.39 is 0 Å². The lowest BCUT2D eigenvalue weighted by molar-refractivity contribution is 0.160. The Hall–Kier alpha value is 0.270. The summed E-state index contributed by atoms with van der Waals surface area (Å²) in [7, 11) is 0. The van der Waals surface area contributed by atoms with Crippen molar-refractivity contribution in [2.45, 2.75) is 31.8 Å². The molecule has 0 aromatic heterocycles. The van der Waals surface area contributed by atoms with Crippen molar-refractivity contribution >= 4 is 11.8 Å². The van der Waals surface area contributed by atoms with E-state index in [-0.39, 0.29) is 0 Å². The van der Waals surface area contributed by atoms with Gasteiger partial charge < -0.3 is 5.32 Å². The third kappa shape index (κ3) is 1.83. The standard InChI is InChI=1S/C12H22N2S/c1-9-12-7-13-6-10(12)8-14(9)11-2-4-15-5-3-11/h9-13H,2-8H2,1H3. The van der Waals surface area contributed by atoms with Gasteiger partial charge in [-0.2, -0.15) is 11.8 Å². The van der Waals surface area contributed by atoms with Crippen LogP contribution < -0.4 is 5.32 Å². The molecule has 86 valence electrons. The van der Waals surface area contributed by atoms with E-state index in [4.69, 9.17) is 0 Å². The molecule has 0 aliphatic carbocycles. The second kappa shape index (κ2) is 4.27. The summed E-state index contributed by atoms with van der Waals surface area (Å²) in [6.07, 6.45) is 2.86. The van der Waals surface area contributed by atoms with Crippen molar-refractivity contribution in [2.75, 3.05) is 31.1 Å². The van der Waals surface area contributed by atoms with Gasteiger partial charge >= 0.3 is 0 Å². The fraction of sp³-hybridized carbons (Fsp3) is 1.00. The molecule has 3 fully saturated rings. The maximum Gasteiger partial charge on any atom is 0.0114 e. The number of hydrogen-bond acceptors (Lipinski definition) is 3. The van der Waals surface area contributed by atoms with E-state index in [2.05, 4.69) is 28.9 Å². The van der Waals surface area contributed by atoms with Crippen molar-refractivity contribution in [2.24, 2.45) is 11.8 Å². The number of thioether (sulfide) groups is 1. The smallest absolute Gasteiger partial charge is 0.0114 e. The van der Waals surface area contributed by atoms with Gasteiger partial charge in [-0.1, -0.05) is 0 Å². The van der Waals surface area contributed by atoms with Gasteiger partial charge in [-0.25, -0.2) is 0 Å². The first-order chi connectivity index (χ1) is 7.36. The predicted octanol–water partition coefficient (Wildman–Crippen LogP) is 1.42. The molecular formula is C12H22N2S. The minimum absolute atomic E-state index is 0.832. The molecule has 3 rings (SSSR count). The summed E-state index contributed by atoms with van der Waals surface area (Å²) >= 11 is 2.14.